The molecule has 0 radical (unpaired) electrons. The number of rotatable bonds is 8. The lowest BCUT2D eigenvalue weighted by molar-refractivity contribution is -0.144. The minimum absolute atomic E-state index is 0.106. The van der Waals surface area contributed by atoms with E-state index in [2.05, 4.69) is 10.2 Å². The van der Waals surface area contributed by atoms with Crippen molar-refractivity contribution in [2.45, 2.75) is 0 Å². The van der Waals surface area contributed by atoms with Gasteiger partial charge in [0.05, 0.1) is 6.61 Å². The summed E-state index contributed by atoms with van der Waals surface area (Å²) in [6.07, 6.45) is 0. The van der Waals surface area contributed by atoms with Crippen LogP contribution in [0.1, 0.15) is 0 Å². The Morgan fingerprint density at radius 2 is 1.94 bits per heavy atom. The van der Waals surface area contributed by atoms with Crippen molar-refractivity contribution in [2.75, 3.05) is 26.4 Å². The zero-order chi connectivity index (χ0) is 12.4. The molecule has 0 bridgehead atoms. The smallest absolute Gasteiger partial charge is 0.338 e. The number of hydroxylamine groups is 1. The highest BCUT2D eigenvalue weighted by Gasteiger charge is 2.01. The lowest BCUT2D eigenvalue weighted by Crippen LogP contribution is -2.38. The molecule has 0 aliphatic heterocycles. The zero-order valence-corrected chi connectivity index (χ0v) is 8.39. The van der Waals surface area contributed by atoms with Crippen LogP contribution in [0.3, 0.4) is 0 Å². The van der Waals surface area contributed by atoms with E-state index in [4.69, 9.17) is 15.6 Å². The van der Waals surface area contributed by atoms with E-state index < -0.39 is 24.5 Å². The summed E-state index contributed by atoms with van der Waals surface area (Å²) in [7, 11) is 0. The number of nitrogens with one attached hydrogen (secondary N) is 2. The Kier molecular flexibility index (Phi) is 7.45. The first-order valence-corrected chi connectivity index (χ1v) is 4.26. The summed E-state index contributed by atoms with van der Waals surface area (Å²) < 4.78 is 4.74. The van der Waals surface area contributed by atoms with Crippen LogP contribution in [0.15, 0.2) is 0 Å². The maximum atomic E-state index is 10.8. The number of ether oxygens (including phenoxy) is 1. The van der Waals surface area contributed by atoms with Gasteiger partial charge >= 0.3 is 12.0 Å². The fourth-order valence-electron chi connectivity index (χ4n) is 0.609. The van der Waals surface area contributed by atoms with Gasteiger partial charge in [-0.3, -0.25) is 9.63 Å². The van der Waals surface area contributed by atoms with E-state index >= 15 is 0 Å². The molecule has 9 heteroatoms. The van der Waals surface area contributed by atoms with Crippen LogP contribution in [0.2, 0.25) is 0 Å². The second-order valence-corrected chi connectivity index (χ2v) is 2.56. The van der Waals surface area contributed by atoms with E-state index in [0.29, 0.717) is 0 Å². The fraction of sp³-hybridized carbons (Fsp3) is 0.571. The minimum atomic E-state index is -1.20. The van der Waals surface area contributed by atoms with Gasteiger partial charge in [0, 0.05) is 6.54 Å². The highest BCUT2D eigenvalue weighted by Crippen LogP contribution is 1.74. The largest absolute Gasteiger partial charge is 0.479 e. The number of urea groups is 1. The van der Waals surface area contributed by atoms with Gasteiger partial charge in [0.1, 0.15) is 6.61 Å². The fourth-order valence-corrected chi connectivity index (χ4v) is 0.609. The molecule has 0 rings (SSSR count). The van der Waals surface area contributed by atoms with Gasteiger partial charge in [-0.05, 0) is 0 Å². The van der Waals surface area contributed by atoms with Gasteiger partial charge < -0.3 is 20.9 Å². The Morgan fingerprint density at radius 3 is 2.50 bits per heavy atom. The predicted molar refractivity (Wildman–Crippen MR) is 50.1 cm³/mol. The van der Waals surface area contributed by atoms with Crippen LogP contribution in [0.4, 0.5) is 4.79 Å². The van der Waals surface area contributed by atoms with E-state index in [1.54, 1.807) is 0 Å². The summed E-state index contributed by atoms with van der Waals surface area (Å²) in [5.74, 6) is -1.81. The number of amides is 3. The van der Waals surface area contributed by atoms with Crippen LogP contribution in [-0.4, -0.2) is 49.4 Å². The molecule has 0 unspecified atom stereocenters. The van der Waals surface area contributed by atoms with Crippen molar-refractivity contribution >= 4 is 17.9 Å². The lowest BCUT2D eigenvalue weighted by Gasteiger charge is -2.06. The summed E-state index contributed by atoms with van der Waals surface area (Å²) >= 11 is 0. The number of nitrogens with two attached hydrogens (primary N) is 1. The van der Waals surface area contributed by atoms with Crippen LogP contribution in [0.25, 0.3) is 0 Å². The molecule has 0 fully saturated rings. The van der Waals surface area contributed by atoms with E-state index in [9.17, 15) is 14.4 Å². The molecule has 0 aromatic heterocycles. The molecular weight excluding hydrogens is 222 g/mol. The molecule has 0 saturated carbocycles. The Morgan fingerprint density at radius 1 is 1.25 bits per heavy atom. The highest BCUT2D eigenvalue weighted by atomic mass is 16.7. The number of carboxylic acids is 1. The van der Waals surface area contributed by atoms with E-state index in [0.717, 1.165) is 0 Å². The monoisotopic (exact) mass is 235 g/mol. The Labute approximate surface area is 90.8 Å². The molecule has 9 nitrogen and oxygen atoms in total. The molecule has 3 amide bonds. The van der Waals surface area contributed by atoms with Crippen molar-refractivity contribution in [2.24, 2.45) is 5.73 Å². The van der Waals surface area contributed by atoms with Gasteiger partial charge in [-0.2, -0.15) is 0 Å². The maximum absolute atomic E-state index is 10.8. The van der Waals surface area contributed by atoms with Gasteiger partial charge in [0.15, 0.2) is 6.61 Å². The number of carboxylic acid groups (broad SMARTS) is 1. The number of aliphatic carboxylic acids is 1. The van der Waals surface area contributed by atoms with Gasteiger partial charge in [-0.25, -0.2) is 15.1 Å². The molecule has 0 saturated heterocycles. The average Bonchev–Trinajstić information content (AvgIpc) is 2.16. The first-order valence-electron chi connectivity index (χ1n) is 4.26. The first kappa shape index (κ1) is 14.1. The van der Waals surface area contributed by atoms with Crippen molar-refractivity contribution in [1.82, 2.24) is 10.8 Å². The molecule has 0 aromatic carbocycles. The topological polar surface area (TPSA) is 140 Å². The molecule has 0 atom stereocenters. The molecule has 92 valence electrons. The number of carbonyl (C=O) groups is 3. The van der Waals surface area contributed by atoms with Gasteiger partial charge in [-0.1, -0.05) is 0 Å². The SMILES string of the molecule is NC(=O)COCCNC(=O)NOCC(=O)O. The molecule has 0 heterocycles. The summed E-state index contributed by atoms with van der Waals surface area (Å²) in [5, 5.41) is 10.4. The standard InChI is InChI=1S/C7H13N3O6/c8-5(11)3-15-2-1-9-7(14)10-16-4-6(12)13/h1-4H2,(H2,8,11)(H,12,13)(H2,9,10,14). The highest BCUT2D eigenvalue weighted by molar-refractivity contribution is 5.75. The lowest BCUT2D eigenvalue weighted by atomic mass is 10.6. The molecule has 0 aliphatic rings. The van der Waals surface area contributed by atoms with Crippen LogP contribution in [0, 0.1) is 0 Å². The molecule has 5 N–H and O–H groups in total. The molecule has 0 aliphatic carbocycles. The number of hydrogen-bond acceptors (Lipinski definition) is 5. The second kappa shape index (κ2) is 8.44. The number of hydrogen-bond donors (Lipinski definition) is 4. The predicted octanol–water partition coefficient (Wildman–Crippen LogP) is -2.20. The first-order chi connectivity index (χ1) is 7.52. The van der Waals surface area contributed by atoms with Crippen LogP contribution >= 0.6 is 0 Å². The van der Waals surface area contributed by atoms with Crippen molar-refractivity contribution < 1.29 is 29.1 Å². The Bertz CT molecular complexity index is 257. The minimum Gasteiger partial charge on any atom is -0.479 e. The summed E-state index contributed by atoms with van der Waals surface area (Å²) in [6.45, 7) is -0.616. The Balaban J connectivity index is 3.30. The van der Waals surface area contributed by atoms with Gasteiger partial charge in [-0.15, -0.1) is 0 Å². The third-order valence-corrected chi connectivity index (χ3v) is 1.14. The molecule has 0 spiro atoms. The van der Waals surface area contributed by atoms with E-state index in [1.807, 2.05) is 5.48 Å². The van der Waals surface area contributed by atoms with Crippen molar-refractivity contribution in [3.8, 4) is 0 Å². The van der Waals surface area contributed by atoms with Crippen LogP contribution < -0.4 is 16.5 Å². The maximum Gasteiger partial charge on any atom is 0.338 e. The van der Waals surface area contributed by atoms with E-state index in [1.165, 1.54) is 0 Å². The van der Waals surface area contributed by atoms with Crippen LogP contribution in [-0.2, 0) is 19.2 Å². The van der Waals surface area contributed by atoms with Crippen molar-refractivity contribution in [1.29, 1.82) is 0 Å². The Hall–Kier alpha value is -1.87. The summed E-state index contributed by atoms with van der Waals surface area (Å²) in [6, 6.07) is -0.705. The number of primary amides is 1. The van der Waals surface area contributed by atoms with Gasteiger partial charge in [0.2, 0.25) is 5.91 Å². The summed E-state index contributed by atoms with van der Waals surface area (Å²) in [5.41, 5.74) is 6.62. The van der Waals surface area contributed by atoms with E-state index in [-0.39, 0.29) is 19.8 Å². The zero-order valence-electron chi connectivity index (χ0n) is 8.39. The average molecular weight is 235 g/mol. The third-order valence-electron chi connectivity index (χ3n) is 1.14. The van der Waals surface area contributed by atoms with Crippen molar-refractivity contribution in [3.63, 3.8) is 0 Å². The molecular formula is C7H13N3O6. The van der Waals surface area contributed by atoms with Crippen LogP contribution in [0.5, 0.6) is 0 Å². The number of carbonyl (C=O) groups excluding carboxylic acids is 2. The normalized spacial score (nSPS) is 9.50. The third kappa shape index (κ3) is 10.2. The quantitative estimate of drug-likeness (QED) is 0.278. The molecule has 16 heavy (non-hydrogen) atoms. The van der Waals surface area contributed by atoms with Crippen molar-refractivity contribution in [3.05, 3.63) is 0 Å². The molecule has 0 aromatic rings. The summed E-state index contributed by atoms with van der Waals surface area (Å²) in [4.78, 5) is 35.3. The van der Waals surface area contributed by atoms with Gasteiger partial charge in [0.25, 0.3) is 0 Å². The second-order valence-electron chi connectivity index (χ2n) is 2.56.